The van der Waals surface area contributed by atoms with Gasteiger partial charge in [-0.15, -0.1) is 6.42 Å². The molecule has 0 unspecified atom stereocenters. The normalized spacial score (nSPS) is 14.0. The van der Waals surface area contributed by atoms with Gasteiger partial charge in [-0.05, 0) is 18.1 Å². The first kappa shape index (κ1) is 8.12. The Labute approximate surface area is 77.2 Å². The van der Waals surface area contributed by atoms with E-state index in [1.165, 1.54) is 6.07 Å². The van der Waals surface area contributed by atoms with Crippen LogP contribution >= 0.6 is 0 Å². The third-order valence-electron chi connectivity index (χ3n) is 2.32. The van der Waals surface area contributed by atoms with Crippen molar-refractivity contribution >= 4 is 5.69 Å². The van der Waals surface area contributed by atoms with E-state index in [2.05, 4.69) is 5.92 Å². The molecule has 1 heterocycles. The molecule has 0 saturated heterocycles. The molecule has 0 aliphatic carbocycles. The van der Waals surface area contributed by atoms with E-state index in [1.807, 2.05) is 11.0 Å². The molecular weight excluding hydrogens is 165 g/mol. The van der Waals surface area contributed by atoms with E-state index in [0.717, 1.165) is 18.5 Å². The molecule has 0 saturated carbocycles. The lowest BCUT2D eigenvalue weighted by Gasteiger charge is -2.15. The first-order chi connectivity index (χ1) is 6.33. The molecule has 0 spiro atoms. The van der Waals surface area contributed by atoms with Crippen molar-refractivity contribution in [2.45, 2.75) is 6.42 Å². The average molecular weight is 175 g/mol. The minimum absolute atomic E-state index is 0.162. The number of terminal acetylenes is 1. The Morgan fingerprint density at radius 1 is 1.54 bits per heavy atom. The molecule has 2 heteroatoms. The molecule has 2 rings (SSSR count). The Kier molecular flexibility index (Phi) is 1.94. The third-order valence-corrected chi connectivity index (χ3v) is 2.32. The van der Waals surface area contributed by atoms with Crippen LogP contribution in [0.25, 0.3) is 0 Å². The summed E-state index contributed by atoms with van der Waals surface area (Å²) in [6, 6.07) is 5.18. The summed E-state index contributed by atoms with van der Waals surface area (Å²) in [4.78, 5) is 1.91. The summed E-state index contributed by atoms with van der Waals surface area (Å²) in [6.45, 7) is 1.33. The van der Waals surface area contributed by atoms with Crippen molar-refractivity contribution in [3.8, 4) is 12.3 Å². The lowest BCUT2D eigenvalue weighted by molar-refractivity contribution is 0.625. The van der Waals surface area contributed by atoms with Gasteiger partial charge in [0, 0.05) is 6.54 Å². The monoisotopic (exact) mass is 175 g/mol. The molecule has 1 aliphatic heterocycles. The molecule has 0 N–H and O–H groups in total. The summed E-state index contributed by atoms with van der Waals surface area (Å²) in [5, 5.41) is 0. The summed E-state index contributed by atoms with van der Waals surface area (Å²) >= 11 is 0. The quantitative estimate of drug-likeness (QED) is 0.588. The Morgan fingerprint density at radius 3 is 3.15 bits per heavy atom. The number of benzene rings is 1. The summed E-state index contributed by atoms with van der Waals surface area (Å²) in [6.07, 6.45) is 6.10. The van der Waals surface area contributed by atoms with Crippen molar-refractivity contribution in [3.05, 3.63) is 29.6 Å². The topological polar surface area (TPSA) is 3.24 Å². The Balaban J connectivity index is 2.41. The molecule has 0 atom stereocenters. The van der Waals surface area contributed by atoms with E-state index in [9.17, 15) is 4.39 Å². The lowest BCUT2D eigenvalue weighted by atomic mass is 10.1. The van der Waals surface area contributed by atoms with Crippen molar-refractivity contribution in [2.24, 2.45) is 0 Å². The lowest BCUT2D eigenvalue weighted by Crippen LogP contribution is -2.21. The van der Waals surface area contributed by atoms with Gasteiger partial charge in [0.15, 0.2) is 0 Å². The molecule has 0 aromatic heterocycles. The summed E-state index contributed by atoms with van der Waals surface area (Å²) in [5.74, 6) is 2.38. The molecule has 1 aromatic rings. The Morgan fingerprint density at radius 2 is 2.38 bits per heavy atom. The number of hydrogen-bond donors (Lipinski definition) is 0. The van der Waals surface area contributed by atoms with Gasteiger partial charge in [0.05, 0.1) is 12.2 Å². The number of anilines is 1. The largest absolute Gasteiger partial charge is 0.357 e. The molecular formula is C11H10FN. The van der Waals surface area contributed by atoms with Gasteiger partial charge < -0.3 is 4.90 Å². The average Bonchev–Trinajstić information content (AvgIpc) is 2.51. The van der Waals surface area contributed by atoms with Crippen LogP contribution in [0, 0.1) is 18.2 Å². The van der Waals surface area contributed by atoms with Gasteiger partial charge in [0.25, 0.3) is 0 Å². The minimum atomic E-state index is -0.162. The summed E-state index contributed by atoms with van der Waals surface area (Å²) < 4.78 is 13.4. The van der Waals surface area contributed by atoms with Crippen molar-refractivity contribution < 1.29 is 4.39 Å². The maximum atomic E-state index is 13.4. The van der Waals surface area contributed by atoms with Crippen LogP contribution in [-0.4, -0.2) is 13.1 Å². The molecule has 1 nitrogen and oxygen atoms in total. The fraction of sp³-hybridized carbons (Fsp3) is 0.273. The van der Waals surface area contributed by atoms with Crippen molar-refractivity contribution in [3.63, 3.8) is 0 Å². The second kappa shape index (κ2) is 3.10. The highest BCUT2D eigenvalue weighted by molar-refractivity contribution is 5.59. The SMILES string of the molecule is C#CCN1CCc2cccc(F)c21. The van der Waals surface area contributed by atoms with Crippen LogP contribution in [0.15, 0.2) is 18.2 Å². The molecule has 1 aliphatic rings. The fourth-order valence-electron chi connectivity index (χ4n) is 1.75. The number of hydrogen-bond acceptors (Lipinski definition) is 1. The standard InChI is InChI=1S/C11H10FN/c1-2-7-13-8-6-9-4-3-5-10(12)11(9)13/h1,3-5H,6-8H2. The van der Waals surface area contributed by atoms with Gasteiger partial charge in [0.2, 0.25) is 0 Å². The molecule has 0 amide bonds. The number of rotatable bonds is 1. The first-order valence-corrected chi connectivity index (χ1v) is 4.28. The van der Waals surface area contributed by atoms with E-state index in [1.54, 1.807) is 6.07 Å². The molecule has 13 heavy (non-hydrogen) atoms. The minimum Gasteiger partial charge on any atom is -0.357 e. The van der Waals surface area contributed by atoms with E-state index in [-0.39, 0.29) is 5.82 Å². The molecule has 0 bridgehead atoms. The van der Waals surface area contributed by atoms with Crippen molar-refractivity contribution in [1.82, 2.24) is 0 Å². The van der Waals surface area contributed by atoms with Crippen LogP contribution < -0.4 is 4.90 Å². The molecule has 0 radical (unpaired) electrons. The van der Waals surface area contributed by atoms with E-state index < -0.39 is 0 Å². The number of fused-ring (bicyclic) bond motifs is 1. The van der Waals surface area contributed by atoms with Crippen molar-refractivity contribution in [1.29, 1.82) is 0 Å². The predicted octanol–water partition coefficient (Wildman–Crippen LogP) is 1.82. The third kappa shape index (κ3) is 1.27. The first-order valence-electron chi connectivity index (χ1n) is 4.28. The smallest absolute Gasteiger partial charge is 0.146 e. The van der Waals surface area contributed by atoms with Crippen LogP contribution in [0.2, 0.25) is 0 Å². The van der Waals surface area contributed by atoms with E-state index in [0.29, 0.717) is 12.2 Å². The highest BCUT2D eigenvalue weighted by Crippen LogP contribution is 2.29. The van der Waals surface area contributed by atoms with Crippen LogP contribution in [-0.2, 0) is 6.42 Å². The van der Waals surface area contributed by atoms with Crippen LogP contribution in [0.5, 0.6) is 0 Å². The zero-order chi connectivity index (χ0) is 9.26. The van der Waals surface area contributed by atoms with Gasteiger partial charge in [-0.2, -0.15) is 0 Å². The maximum Gasteiger partial charge on any atom is 0.146 e. The van der Waals surface area contributed by atoms with Gasteiger partial charge in [-0.3, -0.25) is 0 Å². The molecule has 66 valence electrons. The van der Waals surface area contributed by atoms with Gasteiger partial charge >= 0.3 is 0 Å². The highest BCUT2D eigenvalue weighted by Gasteiger charge is 2.21. The highest BCUT2D eigenvalue weighted by atomic mass is 19.1. The predicted molar refractivity (Wildman–Crippen MR) is 51.2 cm³/mol. The maximum absolute atomic E-state index is 13.4. The molecule has 0 fully saturated rings. The van der Waals surface area contributed by atoms with Gasteiger partial charge in [-0.25, -0.2) is 4.39 Å². The van der Waals surface area contributed by atoms with Crippen LogP contribution in [0.1, 0.15) is 5.56 Å². The molecule has 1 aromatic carbocycles. The number of nitrogens with zero attached hydrogens (tertiary/aromatic N) is 1. The summed E-state index contributed by atoms with van der Waals surface area (Å²) in [5.41, 5.74) is 1.76. The Hall–Kier alpha value is -1.49. The van der Waals surface area contributed by atoms with Crippen molar-refractivity contribution in [2.75, 3.05) is 18.0 Å². The Bertz CT molecular complexity index is 365. The van der Waals surface area contributed by atoms with Crippen LogP contribution in [0.3, 0.4) is 0 Å². The zero-order valence-corrected chi connectivity index (χ0v) is 7.26. The van der Waals surface area contributed by atoms with Gasteiger partial charge in [-0.1, -0.05) is 18.1 Å². The van der Waals surface area contributed by atoms with Gasteiger partial charge in [0.1, 0.15) is 5.82 Å². The zero-order valence-electron chi connectivity index (χ0n) is 7.26. The fourth-order valence-corrected chi connectivity index (χ4v) is 1.75. The van der Waals surface area contributed by atoms with E-state index in [4.69, 9.17) is 6.42 Å². The van der Waals surface area contributed by atoms with Crippen LogP contribution in [0.4, 0.5) is 10.1 Å². The second-order valence-corrected chi connectivity index (χ2v) is 3.12. The number of halogens is 1. The number of para-hydroxylation sites is 1. The second-order valence-electron chi connectivity index (χ2n) is 3.12. The summed E-state index contributed by atoms with van der Waals surface area (Å²) in [7, 11) is 0. The van der Waals surface area contributed by atoms with E-state index >= 15 is 0 Å².